The van der Waals surface area contributed by atoms with Crippen LogP contribution in [0.4, 0.5) is 10.1 Å². The standard InChI is InChI=1S/C23H29ClFN3O2/c1-5-18(28-13(2)10-20(26)29)15-7-8-17(24)22(21(15)25)30-14-6-9-19-16(11-14)23(3,4)12-27-19/h6-9,11,13,18,27-28H,5,10,12H2,1-4H3,(H2,26,29)/t13-,18+/m0/s1. The number of benzene rings is 2. The molecule has 0 radical (unpaired) electrons. The van der Waals surface area contributed by atoms with E-state index in [-0.39, 0.29) is 34.7 Å². The van der Waals surface area contributed by atoms with E-state index in [1.807, 2.05) is 26.0 Å². The molecule has 0 bridgehead atoms. The molecule has 0 aromatic heterocycles. The van der Waals surface area contributed by atoms with Gasteiger partial charge in [0.1, 0.15) is 5.75 Å². The molecule has 0 aliphatic carbocycles. The number of ether oxygens (including phenoxy) is 1. The fraction of sp³-hybridized carbons (Fsp3) is 0.435. The highest BCUT2D eigenvalue weighted by molar-refractivity contribution is 6.32. The summed E-state index contributed by atoms with van der Waals surface area (Å²) in [5, 5.41) is 6.84. The molecule has 0 saturated carbocycles. The smallest absolute Gasteiger partial charge is 0.218 e. The van der Waals surface area contributed by atoms with Crippen molar-refractivity contribution in [2.24, 2.45) is 5.73 Å². The van der Waals surface area contributed by atoms with Crippen LogP contribution in [0.3, 0.4) is 0 Å². The number of amides is 1. The second-order valence-electron chi connectivity index (χ2n) is 8.53. The zero-order valence-corrected chi connectivity index (χ0v) is 18.6. The van der Waals surface area contributed by atoms with Crippen molar-refractivity contribution in [2.45, 2.75) is 58.0 Å². The van der Waals surface area contributed by atoms with Gasteiger partial charge >= 0.3 is 0 Å². The molecule has 0 unspecified atom stereocenters. The topological polar surface area (TPSA) is 76.4 Å². The van der Waals surface area contributed by atoms with Gasteiger partial charge < -0.3 is 21.1 Å². The van der Waals surface area contributed by atoms with Gasteiger partial charge in [0.2, 0.25) is 5.91 Å². The van der Waals surface area contributed by atoms with E-state index in [1.165, 1.54) is 0 Å². The van der Waals surface area contributed by atoms with Crippen LogP contribution in [0.25, 0.3) is 0 Å². The summed E-state index contributed by atoms with van der Waals surface area (Å²) >= 11 is 6.29. The van der Waals surface area contributed by atoms with Crippen LogP contribution < -0.4 is 21.1 Å². The summed E-state index contributed by atoms with van der Waals surface area (Å²) in [6.45, 7) is 8.92. The first-order valence-corrected chi connectivity index (χ1v) is 10.6. The molecular weight excluding hydrogens is 405 g/mol. The lowest BCUT2D eigenvalue weighted by molar-refractivity contribution is -0.118. The number of hydrogen-bond acceptors (Lipinski definition) is 4. The second-order valence-corrected chi connectivity index (χ2v) is 8.93. The number of halogens is 2. The Morgan fingerprint density at radius 3 is 2.77 bits per heavy atom. The SMILES string of the molecule is CC[C@@H](N[C@@H](C)CC(N)=O)c1ccc(Cl)c(Oc2ccc3c(c2)C(C)(C)CN3)c1F. The van der Waals surface area contributed by atoms with Crippen molar-refractivity contribution in [3.8, 4) is 11.5 Å². The Morgan fingerprint density at radius 2 is 2.10 bits per heavy atom. The van der Waals surface area contributed by atoms with Crippen LogP contribution in [-0.4, -0.2) is 18.5 Å². The van der Waals surface area contributed by atoms with Crippen molar-refractivity contribution in [1.29, 1.82) is 0 Å². The molecule has 0 saturated heterocycles. The average Bonchev–Trinajstić information content (AvgIpc) is 2.97. The molecule has 2 aromatic carbocycles. The summed E-state index contributed by atoms with van der Waals surface area (Å²) in [5.41, 5.74) is 7.87. The summed E-state index contributed by atoms with van der Waals surface area (Å²) in [5.74, 6) is -0.377. The molecule has 2 atom stereocenters. The number of carbonyl (C=O) groups excluding carboxylic acids is 1. The number of rotatable bonds is 8. The minimum Gasteiger partial charge on any atom is -0.453 e. The summed E-state index contributed by atoms with van der Waals surface area (Å²) in [6, 6.07) is 8.48. The lowest BCUT2D eigenvalue weighted by Gasteiger charge is -2.23. The Bertz CT molecular complexity index is 948. The zero-order chi connectivity index (χ0) is 22.1. The molecule has 5 nitrogen and oxygen atoms in total. The molecule has 4 N–H and O–H groups in total. The van der Waals surface area contributed by atoms with Gasteiger partial charge in [0.25, 0.3) is 0 Å². The molecule has 0 spiro atoms. The molecule has 3 rings (SSSR count). The zero-order valence-electron chi connectivity index (χ0n) is 17.8. The summed E-state index contributed by atoms with van der Waals surface area (Å²) in [6.07, 6.45) is 0.799. The second kappa shape index (κ2) is 8.82. The van der Waals surface area contributed by atoms with Crippen molar-refractivity contribution in [2.75, 3.05) is 11.9 Å². The monoisotopic (exact) mass is 433 g/mol. The Balaban J connectivity index is 1.89. The van der Waals surface area contributed by atoms with E-state index in [1.54, 1.807) is 18.2 Å². The predicted molar refractivity (Wildman–Crippen MR) is 119 cm³/mol. The molecule has 1 aliphatic rings. The Kier molecular flexibility index (Phi) is 6.58. The van der Waals surface area contributed by atoms with Crippen LogP contribution in [0.2, 0.25) is 5.02 Å². The van der Waals surface area contributed by atoms with Gasteiger partial charge in [-0.1, -0.05) is 38.4 Å². The molecule has 1 aliphatic heterocycles. The highest BCUT2D eigenvalue weighted by Gasteiger charge is 2.30. The number of fused-ring (bicyclic) bond motifs is 1. The van der Waals surface area contributed by atoms with Gasteiger partial charge in [0.15, 0.2) is 11.6 Å². The van der Waals surface area contributed by atoms with E-state index >= 15 is 4.39 Å². The molecule has 30 heavy (non-hydrogen) atoms. The first kappa shape index (κ1) is 22.4. The minimum atomic E-state index is -0.508. The molecular formula is C23H29ClFN3O2. The van der Waals surface area contributed by atoms with Crippen molar-refractivity contribution < 1.29 is 13.9 Å². The van der Waals surface area contributed by atoms with Gasteiger partial charge in [-0.15, -0.1) is 0 Å². The van der Waals surface area contributed by atoms with Crippen LogP contribution in [0.15, 0.2) is 30.3 Å². The normalized spacial score (nSPS) is 16.5. The third kappa shape index (κ3) is 4.71. The van der Waals surface area contributed by atoms with E-state index in [0.717, 1.165) is 17.8 Å². The predicted octanol–water partition coefficient (Wildman–Crippen LogP) is 5.28. The van der Waals surface area contributed by atoms with Gasteiger partial charge in [-0.2, -0.15) is 0 Å². The Morgan fingerprint density at radius 1 is 1.37 bits per heavy atom. The number of anilines is 1. The fourth-order valence-corrected chi connectivity index (χ4v) is 4.06. The first-order valence-electron chi connectivity index (χ1n) is 10.2. The van der Waals surface area contributed by atoms with Gasteiger partial charge in [-0.25, -0.2) is 4.39 Å². The van der Waals surface area contributed by atoms with E-state index in [9.17, 15) is 4.79 Å². The van der Waals surface area contributed by atoms with Crippen molar-refractivity contribution in [3.63, 3.8) is 0 Å². The summed E-state index contributed by atoms with van der Waals surface area (Å²) in [7, 11) is 0. The van der Waals surface area contributed by atoms with Crippen LogP contribution in [-0.2, 0) is 10.2 Å². The number of nitrogens with one attached hydrogen (secondary N) is 2. The van der Waals surface area contributed by atoms with Crippen LogP contribution in [0, 0.1) is 5.82 Å². The molecule has 162 valence electrons. The fourth-order valence-electron chi connectivity index (χ4n) is 3.87. The minimum absolute atomic E-state index is 0.000633. The highest BCUT2D eigenvalue weighted by Crippen LogP contribution is 2.41. The van der Waals surface area contributed by atoms with Crippen LogP contribution in [0.1, 0.15) is 57.7 Å². The maximum absolute atomic E-state index is 15.4. The number of carbonyl (C=O) groups is 1. The molecule has 0 fully saturated rings. The Hall–Kier alpha value is -2.31. The van der Waals surface area contributed by atoms with Crippen molar-refractivity contribution in [1.82, 2.24) is 5.32 Å². The maximum atomic E-state index is 15.4. The van der Waals surface area contributed by atoms with Gasteiger partial charge in [-0.05, 0) is 43.2 Å². The van der Waals surface area contributed by atoms with E-state index in [0.29, 0.717) is 17.7 Å². The number of hydrogen-bond donors (Lipinski definition) is 3. The van der Waals surface area contributed by atoms with Crippen molar-refractivity contribution >= 4 is 23.2 Å². The van der Waals surface area contributed by atoms with Crippen LogP contribution in [0.5, 0.6) is 11.5 Å². The third-order valence-corrected chi connectivity index (χ3v) is 5.81. The summed E-state index contributed by atoms with van der Waals surface area (Å²) < 4.78 is 21.4. The quantitative estimate of drug-likeness (QED) is 0.529. The average molecular weight is 434 g/mol. The van der Waals surface area contributed by atoms with Gasteiger partial charge in [-0.3, -0.25) is 4.79 Å². The Labute approximate surface area is 182 Å². The number of primary amides is 1. The van der Waals surface area contributed by atoms with Crippen LogP contribution >= 0.6 is 11.6 Å². The molecule has 7 heteroatoms. The number of nitrogens with two attached hydrogens (primary N) is 1. The van der Waals surface area contributed by atoms with E-state index in [2.05, 4.69) is 24.5 Å². The maximum Gasteiger partial charge on any atom is 0.218 e. The third-order valence-electron chi connectivity index (χ3n) is 5.52. The lowest BCUT2D eigenvalue weighted by Crippen LogP contribution is -2.34. The van der Waals surface area contributed by atoms with E-state index in [4.69, 9.17) is 22.1 Å². The summed E-state index contributed by atoms with van der Waals surface area (Å²) in [4.78, 5) is 11.2. The largest absolute Gasteiger partial charge is 0.453 e. The molecule has 1 amide bonds. The van der Waals surface area contributed by atoms with Gasteiger partial charge in [0.05, 0.1) is 5.02 Å². The highest BCUT2D eigenvalue weighted by atomic mass is 35.5. The van der Waals surface area contributed by atoms with Gasteiger partial charge in [0, 0.05) is 41.7 Å². The lowest BCUT2D eigenvalue weighted by atomic mass is 9.87. The first-order chi connectivity index (χ1) is 14.1. The molecule has 1 heterocycles. The molecule has 2 aromatic rings. The van der Waals surface area contributed by atoms with Crippen molar-refractivity contribution in [3.05, 3.63) is 52.3 Å². The van der Waals surface area contributed by atoms with E-state index < -0.39 is 11.7 Å².